The standard InChI is InChI=1S/C38H32O2.C29H22BrNO3.C28H21NO2.C10H6BrNO2.C6H15N.C6H6.C4H8O.CO.BHP/c1-25-30(26-17-9-5-10-18-26)38(29-23-15-8-16-24-29)36(3)32(28-21-13-7-14-22-28)31(27-19-11-6-12-20-27)35(2,34(36)40)37(38,4)33(25)39;1-27-21(18-12-6-3-7-13-18)22(19-14-8-4-9-15-19)28(2,25(27)33)29(30)23(27)24(32)31(26(29)34)20-16-10-5-11-17-20;1-18-23(20-12-6-3-7-13-20)24(21-14-8-4-9-15-21)19(2)26-25(18)27(30)29(28(26)31)22-16-10-5-11-17-22;11-8-6-9(13)12(10(8)14)7-4-2-1-3-5-7;1-4-7(5-2)6-3;1-2-4-6-5-3-1;1-2-4-5-3-1;2*1-2/h5-24H,1-4H3;3-17,23H,1-2H3;3-17H,1-2H3;1-6H;4-6H2,1-3H3;1-6H;1-4H2;;2H/q;;;;;;;;-1. The first kappa shape index (κ1) is 103. The monoisotopic (exact) mass is 2010 g/mol. The van der Waals surface area contributed by atoms with Gasteiger partial charge in [-0.05, 0) is 240 Å². The first-order valence-electron chi connectivity index (χ1n) is 47.3. The first-order valence-corrected chi connectivity index (χ1v) is 49.5. The third-order valence-corrected chi connectivity index (χ3v) is 31.5. The fourth-order valence-electron chi connectivity index (χ4n) is 23.2. The fourth-order valence-corrected chi connectivity index (χ4v) is 24.8. The summed E-state index contributed by atoms with van der Waals surface area (Å²) in [5, 5.41) is 0. The van der Waals surface area contributed by atoms with E-state index in [1.165, 1.54) is 48.4 Å². The van der Waals surface area contributed by atoms with Crippen molar-refractivity contribution in [2.75, 3.05) is 47.5 Å². The number of halogens is 2. The molecule has 0 aromatic heterocycles. The van der Waals surface area contributed by atoms with Crippen molar-refractivity contribution < 1.29 is 52.5 Å². The van der Waals surface area contributed by atoms with Gasteiger partial charge in [0.2, 0.25) is 5.91 Å². The average molecular weight is 2010 g/mol. The number of benzene rings is 13. The molecule has 8 atom stereocenters. The minimum absolute atomic E-state index is 0.0651. The zero-order valence-electron chi connectivity index (χ0n) is 80.9. The average Bonchev–Trinajstić information content (AvgIpc) is 1.43. The summed E-state index contributed by atoms with van der Waals surface area (Å²) in [4.78, 5) is 129. The molecule has 2 saturated carbocycles. The van der Waals surface area contributed by atoms with Crippen LogP contribution >= 0.6 is 41.0 Å². The Balaban J connectivity index is 0.000000143. The molecule has 6 amide bonds. The minimum Gasteiger partial charge on any atom is -0.0623 e. The zero-order chi connectivity index (χ0) is 101. The number of hydrogen-bond donors (Lipinski definition) is 0. The van der Waals surface area contributed by atoms with Gasteiger partial charge in [0.15, 0.2) is 17.3 Å². The summed E-state index contributed by atoms with van der Waals surface area (Å²) in [6, 6.07) is 120. The zero-order valence-corrected chi connectivity index (χ0v) is 85.1. The molecule has 0 spiro atoms. The molecule has 141 heavy (non-hydrogen) atoms. The quantitative estimate of drug-likeness (QED) is 0.0251. The number of allylic oxidation sites excluding steroid dienone is 6. The topological polar surface area (TPSA) is 196 Å². The van der Waals surface area contributed by atoms with Gasteiger partial charge >= 0.3 is 11.3 Å². The van der Waals surface area contributed by atoms with Crippen molar-refractivity contribution in [1.82, 2.24) is 4.90 Å². The van der Waals surface area contributed by atoms with Crippen molar-refractivity contribution in [1.29, 1.82) is 0 Å². The van der Waals surface area contributed by atoms with Crippen molar-refractivity contribution in [3.05, 3.63) is 448 Å². The Morgan fingerprint density at radius 2 is 0.674 bits per heavy atom. The molecule has 9 aliphatic rings. The second-order valence-electron chi connectivity index (χ2n) is 36.3. The molecule has 8 unspecified atom stereocenters. The maximum absolute atomic E-state index is 15.4. The van der Waals surface area contributed by atoms with Gasteiger partial charge in [0.05, 0.1) is 71.1 Å². The molecular formula is C122H111BBr2N4O11P-. The van der Waals surface area contributed by atoms with Gasteiger partial charge in [-0.25, -0.2) is 14.7 Å². The van der Waals surface area contributed by atoms with E-state index in [0.717, 1.165) is 118 Å². The summed E-state index contributed by atoms with van der Waals surface area (Å²) < 4.78 is 11.4. The van der Waals surface area contributed by atoms with Crippen LogP contribution in [0.25, 0.3) is 50.1 Å². The first-order chi connectivity index (χ1) is 68.2. The van der Waals surface area contributed by atoms with Crippen LogP contribution in [0.3, 0.4) is 0 Å². The van der Waals surface area contributed by atoms with Crippen LogP contribution in [0.2, 0.25) is 0 Å². The number of carbonyl (C=O) groups excluding carboxylic acids is 9. The number of imide groups is 3. The van der Waals surface area contributed by atoms with E-state index in [9.17, 15) is 38.4 Å². The van der Waals surface area contributed by atoms with Crippen LogP contribution < -0.4 is 14.7 Å². The van der Waals surface area contributed by atoms with Crippen LogP contribution in [-0.2, 0) is 48.4 Å². The molecule has 2 radical (unpaired) electrons. The number of hydrogen-bond acceptors (Lipinski definition) is 11. The molecule has 13 aromatic carbocycles. The molecule has 0 N–H and O–H groups in total. The molecule has 22 rings (SSSR count). The van der Waals surface area contributed by atoms with Gasteiger partial charge in [-0.15, -0.1) is 0 Å². The second kappa shape index (κ2) is 44.0. The molecule has 2 saturated heterocycles. The van der Waals surface area contributed by atoms with E-state index in [4.69, 9.17) is 9.39 Å². The third kappa shape index (κ3) is 17.4. The molecule has 5 aliphatic carbocycles. The van der Waals surface area contributed by atoms with E-state index in [0.29, 0.717) is 32.7 Å². The molecule has 4 aliphatic heterocycles. The van der Waals surface area contributed by atoms with Gasteiger partial charge < -0.3 is 18.8 Å². The summed E-state index contributed by atoms with van der Waals surface area (Å²) in [6.07, 6.45) is 3.83. The number of para-hydroxylation sites is 3. The van der Waals surface area contributed by atoms with Gasteiger partial charge in [-0.2, -0.15) is 7.57 Å². The molecule has 4 bridgehead atoms. The van der Waals surface area contributed by atoms with E-state index in [2.05, 4.69) is 174 Å². The molecule has 19 heteroatoms. The van der Waals surface area contributed by atoms with E-state index in [1.807, 2.05) is 271 Å². The summed E-state index contributed by atoms with van der Waals surface area (Å²) in [7, 11) is 6.78. The molecule has 13 aromatic rings. The van der Waals surface area contributed by atoms with Gasteiger partial charge in [0.25, 0.3) is 29.5 Å². The number of ketones is 3. The Hall–Kier alpha value is -13.6. The van der Waals surface area contributed by atoms with E-state index in [1.54, 1.807) is 60.7 Å². The Labute approximate surface area is 847 Å². The van der Waals surface area contributed by atoms with Crippen molar-refractivity contribution in [2.45, 2.75) is 98.7 Å². The number of anilines is 3. The summed E-state index contributed by atoms with van der Waals surface area (Å²) in [5.74, 6) is -2.63. The van der Waals surface area contributed by atoms with E-state index in [-0.39, 0.29) is 52.8 Å². The summed E-state index contributed by atoms with van der Waals surface area (Å²) in [5.41, 5.74) is 13.3. The van der Waals surface area contributed by atoms with Crippen LogP contribution in [0.15, 0.2) is 386 Å². The Kier molecular flexibility index (Phi) is 32.2. The van der Waals surface area contributed by atoms with E-state index < -0.39 is 42.7 Å². The molecule has 4 fully saturated rings. The summed E-state index contributed by atoms with van der Waals surface area (Å²) >= 11 is 6.81. The number of nitrogens with zero attached hydrogens (tertiary/aromatic N) is 4. The van der Waals surface area contributed by atoms with Crippen molar-refractivity contribution in [3.8, 4) is 22.3 Å². The van der Waals surface area contributed by atoms with Gasteiger partial charge in [-0.3, -0.25) is 43.2 Å². The summed E-state index contributed by atoms with van der Waals surface area (Å²) in [6.45, 7) is 32.4. The second-order valence-corrected chi connectivity index (χ2v) is 38.4. The minimum atomic E-state index is -1.37. The third-order valence-electron chi connectivity index (χ3n) is 29.3. The fraction of sp³-hybridized carbons (Fsp3) is 0.213. The van der Waals surface area contributed by atoms with Crippen LogP contribution in [0.5, 0.6) is 0 Å². The number of amides is 6. The smallest absolute Gasteiger partial charge is 0.0623 e. The number of carbonyl (C=O) groups is 9. The normalized spacial score (nSPS) is 22.6. The largest absolute Gasteiger partial charge is 0.0623 e. The van der Waals surface area contributed by atoms with E-state index >= 15 is 4.79 Å². The molecule has 4 heterocycles. The number of ether oxygens (including phenoxy) is 1. The molecule has 15 nitrogen and oxygen atoms in total. The number of fused-ring (bicyclic) bond motifs is 11. The SMILES string of the molecule is C1CCOC1.CC12C(=O)C(C)(C(c3ccccc3)=C1c1ccccc1)C1(Br)C(=O)N(c3ccccc3)C(=O)C21.CC1=C(c2ccccc2)C2(c3ccccc3)C3(C)C(=O)C(C)(C(c4ccccc4)=C3c3ccccc3)C2(C)C1=O.CCN(CC)CC.Cc1c2c(c(C)c(-c3ccccc3)c1-c1ccccc1)C(=O)N(c1ccccc1)C2=O.O=C1C=C(Br)C(=O)N1c1ccccc1.[B][PH-].[C-]#[O+].c1ccccc1. The van der Waals surface area contributed by atoms with Crippen molar-refractivity contribution in [2.24, 2.45) is 33.0 Å². The van der Waals surface area contributed by atoms with Gasteiger partial charge in [-0.1, -0.05) is 370 Å². The van der Waals surface area contributed by atoms with Crippen LogP contribution in [0.4, 0.5) is 17.1 Å². The Morgan fingerprint density at radius 1 is 0.376 bits per heavy atom. The Bertz CT molecular complexity index is 6840. The van der Waals surface area contributed by atoms with Gasteiger partial charge in [0, 0.05) is 19.3 Å². The maximum Gasteiger partial charge on any atom is -0.0623 e. The molecule has 708 valence electrons. The van der Waals surface area contributed by atoms with Crippen LogP contribution in [0, 0.1) is 53.5 Å². The molecular weight excluding hydrogens is 1900 g/mol. The predicted octanol–water partition coefficient (Wildman–Crippen LogP) is 26.0. The number of alkyl halides is 1. The van der Waals surface area contributed by atoms with Crippen molar-refractivity contribution in [3.63, 3.8) is 0 Å². The number of Topliss-reactive ketones (excluding diaryl/α,β-unsaturated/α-hetero) is 3. The van der Waals surface area contributed by atoms with Crippen molar-refractivity contribution >= 4 is 146 Å². The Morgan fingerprint density at radius 3 is 1.00 bits per heavy atom. The predicted molar refractivity (Wildman–Crippen MR) is 574 cm³/mol. The van der Waals surface area contributed by atoms with Crippen LogP contribution in [0.1, 0.15) is 140 Å². The number of rotatable bonds is 14. The van der Waals surface area contributed by atoms with Crippen LogP contribution in [-0.4, -0.2) is 102 Å². The van der Waals surface area contributed by atoms with Gasteiger partial charge in [0.1, 0.15) is 4.32 Å². The maximum atomic E-state index is 15.4.